The highest BCUT2D eigenvalue weighted by molar-refractivity contribution is 5.67. The summed E-state index contributed by atoms with van der Waals surface area (Å²) in [7, 11) is 0. The fraction of sp³-hybridized carbons (Fsp3) is 0.385. The molecule has 2 aromatic carbocycles. The van der Waals surface area contributed by atoms with Crippen LogP contribution in [0.25, 0.3) is 11.3 Å². The first-order valence-electron chi connectivity index (χ1n) is 11.5. The molecule has 0 radical (unpaired) electrons. The molecule has 5 rings (SSSR count). The van der Waals surface area contributed by atoms with Gasteiger partial charge in [0.2, 0.25) is 5.88 Å². The predicted octanol–water partition coefficient (Wildman–Crippen LogP) is 3.62. The molecule has 172 valence electrons. The van der Waals surface area contributed by atoms with Gasteiger partial charge in [0.05, 0.1) is 25.0 Å². The van der Waals surface area contributed by atoms with Crippen LogP contribution in [0.4, 0.5) is 0 Å². The summed E-state index contributed by atoms with van der Waals surface area (Å²) in [6, 6.07) is 17.9. The number of nitrogens with zero attached hydrogens (tertiary/aromatic N) is 2. The van der Waals surface area contributed by atoms with Crippen molar-refractivity contribution < 1.29 is 18.9 Å². The molecule has 7 nitrogen and oxygen atoms in total. The van der Waals surface area contributed by atoms with Crippen molar-refractivity contribution in [1.29, 1.82) is 0 Å². The summed E-state index contributed by atoms with van der Waals surface area (Å²) in [5, 5.41) is 0. The summed E-state index contributed by atoms with van der Waals surface area (Å²) in [5.41, 5.74) is 3.85. The number of hydrogen-bond donors (Lipinski definition) is 0. The van der Waals surface area contributed by atoms with E-state index < -0.39 is 0 Å². The van der Waals surface area contributed by atoms with E-state index in [1.54, 1.807) is 4.57 Å². The quantitative estimate of drug-likeness (QED) is 0.466. The number of aryl methyl sites for hydroxylation is 1. The Balaban J connectivity index is 1.21. The lowest BCUT2D eigenvalue weighted by molar-refractivity contribution is 0.0661. The third-order valence-electron chi connectivity index (χ3n) is 5.99. The van der Waals surface area contributed by atoms with Crippen LogP contribution in [0.5, 0.6) is 11.6 Å². The fourth-order valence-corrected chi connectivity index (χ4v) is 4.28. The van der Waals surface area contributed by atoms with E-state index in [1.165, 1.54) is 0 Å². The minimum absolute atomic E-state index is 0.0780. The maximum atomic E-state index is 12.6. The molecule has 3 aromatic rings. The van der Waals surface area contributed by atoms with Crippen LogP contribution in [0.2, 0.25) is 0 Å². The van der Waals surface area contributed by atoms with Crippen molar-refractivity contribution in [3.05, 3.63) is 76.2 Å². The molecule has 2 aliphatic rings. The summed E-state index contributed by atoms with van der Waals surface area (Å²) in [5.74, 6) is 1.15. The van der Waals surface area contributed by atoms with Gasteiger partial charge in [-0.25, -0.2) is 4.79 Å². The Morgan fingerprint density at radius 3 is 2.82 bits per heavy atom. The molecule has 0 spiro atoms. The van der Waals surface area contributed by atoms with E-state index in [2.05, 4.69) is 4.98 Å². The Labute approximate surface area is 192 Å². The van der Waals surface area contributed by atoms with Crippen LogP contribution in [0.15, 0.2) is 59.4 Å². The molecule has 3 heterocycles. The zero-order valence-electron chi connectivity index (χ0n) is 18.6. The van der Waals surface area contributed by atoms with Gasteiger partial charge in [-0.1, -0.05) is 30.3 Å². The SMILES string of the molecule is O=c1nc(OCC2CCCO2)cc2n1CCc1cc(OCCOCc3ccccc3)ccc1-2. The molecule has 0 saturated carbocycles. The summed E-state index contributed by atoms with van der Waals surface area (Å²) in [4.78, 5) is 16.7. The van der Waals surface area contributed by atoms with Crippen LogP contribution in [-0.2, 0) is 29.0 Å². The summed E-state index contributed by atoms with van der Waals surface area (Å²) in [6.07, 6.45) is 2.86. The van der Waals surface area contributed by atoms with Gasteiger partial charge in [-0.05, 0) is 48.6 Å². The second-order valence-electron chi connectivity index (χ2n) is 8.32. The Morgan fingerprint density at radius 2 is 1.97 bits per heavy atom. The first-order valence-corrected chi connectivity index (χ1v) is 11.5. The molecule has 0 bridgehead atoms. The normalized spacial score (nSPS) is 16.8. The fourth-order valence-electron chi connectivity index (χ4n) is 4.28. The van der Waals surface area contributed by atoms with Gasteiger partial charge in [-0.2, -0.15) is 4.98 Å². The van der Waals surface area contributed by atoms with Crippen molar-refractivity contribution in [2.45, 2.75) is 38.5 Å². The molecule has 1 unspecified atom stereocenters. The van der Waals surface area contributed by atoms with Crippen molar-refractivity contribution >= 4 is 0 Å². The number of ether oxygens (including phenoxy) is 4. The van der Waals surface area contributed by atoms with E-state index in [0.29, 0.717) is 38.9 Å². The lowest BCUT2D eigenvalue weighted by atomic mass is 9.97. The first-order chi connectivity index (χ1) is 16.3. The maximum Gasteiger partial charge on any atom is 0.351 e. The predicted molar refractivity (Wildman–Crippen MR) is 124 cm³/mol. The Kier molecular flexibility index (Phi) is 6.69. The van der Waals surface area contributed by atoms with Crippen LogP contribution in [-0.4, -0.2) is 42.1 Å². The van der Waals surface area contributed by atoms with E-state index >= 15 is 0 Å². The van der Waals surface area contributed by atoms with Crippen LogP contribution in [0.3, 0.4) is 0 Å². The average Bonchev–Trinajstić information content (AvgIpc) is 3.37. The Bertz CT molecular complexity index is 1140. The van der Waals surface area contributed by atoms with E-state index in [4.69, 9.17) is 18.9 Å². The summed E-state index contributed by atoms with van der Waals surface area (Å²) < 4.78 is 24.7. The molecule has 0 amide bonds. The molecule has 33 heavy (non-hydrogen) atoms. The van der Waals surface area contributed by atoms with Crippen molar-refractivity contribution in [2.75, 3.05) is 26.4 Å². The lowest BCUT2D eigenvalue weighted by Crippen LogP contribution is -2.29. The highest BCUT2D eigenvalue weighted by Crippen LogP contribution is 2.32. The lowest BCUT2D eigenvalue weighted by Gasteiger charge is -2.22. The molecular formula is C26H28N2O5. The minimum atomic E-state index is -0.281. The Morgan fingerprint density at radius 1 is 1.06 bits per heavy atom. The van der Waals surface area contributed by atoms with Crippen LogP contribution < -0.4 is 15.2 Å². The van der Waals surface area contributed by atoms with Crippen molar-refractivity contribution in [3.8, 4) is 22.9 Å². The molecule has 2 aliphatic heterocycles. The zero-order chi connectivity index (χ0) is 22.5. The highest BCUT2D eigenvalue weighted by atomic mass is 16.5. The summed E-state index contributed by atoms with van der Waals surface area (Å²) >= 11 is 0. The van der Waals surface area contributed by atoms with Gasteiger partial charge >= 0.3 is 5.69 Å². The number of benzene rings is 2. The summed E-state index contributed by atoms with van der Waals surface area (Å²) in [6.45, 7) is 3.34. The highest BCUT2D eigenvalue weighted by Gasteiger charge is 2.21. The second-order valence-corrected chi connectivity index (χ2v) is 8.32. The standard InChI is InChI=1S/C26H28N2O5/c29-26-27-25(33-18-22-7-4-12-31-22)16-24-23-9-8-21(15-20(23)10-11-28(24)26)32-14-13-30-17-19-5-2-1-3-6-19/h1-3,5-6,8-9,15-16,22H,4,7,10-14,17-18H2. The molecule has 7 heteroatoms. The number of aromatic nitrogens is 2. The van der Waals surface area contributed by atoms with Crippen molar-refractivity contribution in [1.82, 2.24) is 9.55 Å². The number of fused-ring (bicyclic) bond motifs is 3. The van der Waals surface area contributed by atoms with Gasteiger partial charge in [-0.3, -0.25) is 4.57 Å². The van der Waals surface area contributed by atoms with Crippen LogP contribution >= 0.6 is 0 Å². The van der Waals surface area contributed by atoms with Gasteiger partial charge < -0.3 is 18.9 Å². The Hall–Kier alpha value is -3.16. The molecule has 1 fully saturated rings. The van der Waals surface area contributed by atoms with Crippen LogP contribution in [0, 0.1) is 0 Å². The molecular weight excluding hydrogens is 420 g/mol. The van der Waals surface area contributed by atoms with Crippen LogP contribution in [0.1, 0.15) is 24.0 Å². The number of rotatable bonds is 9. The molecule has 1 atom stereocenters. The molecule has 1 saturated heterocycles. The van der Waals surface area contributed by atoms with Gasteiger partial charge in [0.25, 0.3) is 0 Å². The third-order valence-corrected chi connectivity index (χ3v) is 5.99. The van der Waals surface area contributed by atoms with E-state index in [-0.39, 0.29) is 11.8 Å². The van der Waals surface area contributed by atoms with Crippen molar-refractivity contribution in [3.63, 3.8) is 0 Å². The molecule has 0 N–H and O–H groups in total. The van der Waals surface area contributed by atoms with Gasteiger partial charge in [0, 0.05) is 24.8 Å². The zero-order valence-corrected chi connectivity index (χ0v) is 18.6. The maximum absolute atomic E-state index is 12.6. The second kappa shape index (κ2) is 10.2. The molecule has 0 aliphatic carbocycles. The molecule has 1 aromatic heterocycles. The monoisotopic (exact) mass is 448 g/mol. The first kappa shape index (κ1) is 21.7. The van der Waals surface area contributed by atoms with E-state index in [9.17, 15) is 4.79 Å². The largest absolute Gasteiger partial charge is 0.491 e. The van der Waals surface area contributed by atoms with Gasteiger partial charge in [-0.15, -0.1) is 0 Å². The van der Waals surface area contributed by atoms with Crippen molar-refractivity contribution in [2.24, 2.45) is 0 Å². The van der Waals surface area contributed by atoms with E-state index in [0.717, 1.165) is 54.0 Å². The van der Waals surface area contributed by atoms with E-state index in [1.807, 2.05) is 54.6 Å². The smallest absolute Gasteiger partial charge is 0.351 e. The minimum Gasteiger partial charge on any atom is -0.491 e. The van der Waals surface area contributed by atoms with Gasteiger partial charge in [0.1, 0.15) is 19.0 Å². The number of hydrogen-bond acceptors (Lipinski definition) is 6. The average molecular weight is 449 g/mol. The topological polar surface area (TPSA) is 71.8 Å². The van der Waals surface area contributed by atoms with Gasteiger partial charge in [0.15, 0.2) is 0 Å². The third kappa shape index (κ3) is 5.26.